The second-order valence-corrected chi connectivity index (χ2v) is 6.86. The van der Waals surface area contributed by atoms with Crippen LogP contribution in [-0.4, -0.2) is 26.6 Å². The minimum atomic E-state index is -3.39. The summed E-state index contributed by atoms with van der Waals surface area (Å²) in [5.74, 6) is -0.362. The second-order valence-electron chi connectivity index (χ2n) is 5.11. The molecule has 1 aromatic carbocycles. The van der Waals surface area contributed by atoms with Crippen molar-refractivity contribution in [3.63, 3.8) is 0 Å². The first-order chi connectivity index (χ1) is 9.37. The number of benzene rings is 1. The van der Waals surface area contributed by atoms with Crippen molar-refractivity contribution in [2.24, 2.45) is 11.7 Å². The number of hydrogen-bond donors (Lipinski definition) is 3. The summed E-state index contributed by atoms with van der Waals surface area (Å²) in [4.78, 5) is 12.2. The fourth-order valence-electron chi connectivity index (χ4n) is 2.42. The molecule has 0 spiro atoms. The molecule has 0 bridgehead atoms. The van der Waals surface area contributed by atoms with Crippen LogP contribution < -0.4 is 15.8 Å². The number of anilines is 2. The lowest BCUT2D eigenvalue weighted by atomic mass is 10.0. The summed E-state index contributed by atoms with van der Waals surface area (Å²) in [6.07, 6.45) is 3.64. The van der Waals surface area contributed by atoms with Gasteiger partial charge in [0.25, 0.3) is 0 Å². The van der Waals surface area contributed by atoms with E-state index in [9.17, 15) is 13.2 Å². The Morgan fingerprint density at radius 3 is 2.45 bits per heavy atom. The SMILES string of the molecule is CS(=O)(=O)Nc1ccccc1NC(=O)C1CCCC1N. The lowest BCUT2D eigenvalue weighted by molar-refractivity contribution is -0.120. The molecule has 0 heterocycles. The molecule has 2 unspecified atom stereocenters. The largest absolute Gasteiger partial charge is 0.327 e. The average Bonchev–Trinajstić information content (AvgIpc) is 2.76. The predicted octanol–water partition coefficient (Wildman–Crippen LogP) is 1.12. The molecule has 0 aliphatic heterocycles. The summed E-state index contributed by atoms with van der Waals surface area (Å²) in [6.45, 7) is 0. The van der Waals surface area contributed by atoms with Gasteiger partial charge in [-0.05, 0) is 25.0 Å². The highest BCUT2D eigenvalue weighted by atomic mass is 32.2. The van der Waals surface area contributed by atoms with Crippen molar-refractivity contribution < 1.29 is 13.2 Å². The molecule has 1 amide bonds. The maximum absolute atomic E-state index is 12.2. The molecule has 1 aliphatic rings. The molecule has 0 aromatic heterocycles. The van der Waals surface area contributed by atoms with Crippen LogP contribution in [0, 0.1) is 5.92 Å². The molecule has 0 saturated heterocycles. The van der Waals surface area contributed by atoms with Gasteiger partial charge < -0.3 is 11.1 Å². The lowest BCUT2D eigenvalue weighted by Crippen LogP contribution is -2.34. The normalized spacial score (nSPS) is 22.5. The standard InChI is InChI=1S/C13H19N3O3S/c1-20(18,19)16-12-8-3-2-7-11(12)15-13(17)9-5-4-6-10(9)14/h2-3,7-10,16H,4-6,14H2,1H3,(H,15,17). The third kappa shape index (κ3) is 3.71. The highest BCUT2D eigenvalue weighted by Crippen LogP contribution is 2.27. The number of amides is 1. The Morgan fingerprint density at radius 2 is 1.90 bits per heavy atom. The van der Waals surface area contributed by atoms with Gasteiger partial charge >= 0.3 is 0 Å². The van der Waals surface area contributed by atoms with Crippen molar-refractivity contribution in [2.75, 3.05) is 16.3 Å². The Hall–Kier alpha value is -1.60. The van der Waals surface area contributed by atoms with Gasteiger partial charge in [-0.1, -0.05) is 18.6 Å². The zero-order chi connectivity index (χ0) is 14.8. The van der Waals surface area contributed by atoms with Crippen LogP contribution in [0.1, 0.15) is 19.3 Å². The van der Waals surface area contributed by atoms with Crippen LogP contribution in [0.3, 0.4) is 0 Å². The van der Waals surface area contributed by atoms with Gasteiger partial charge in [-0.2, -0.15) is 0 Å². The Bertz CT molecular complexity index is 601. The molecule has 6 nitrogen and oxygen atoms in total. The molecular weight excluding hydrogens is 278 g/mol. The Labute approximate surface area is 118 Å². The van der Waals surface area contributed by atoms with Crippen molar-refractivity contribution in [1.82, 2.24) is 0 Å². The molecule has 110 valence electrons. The van der Waals surface area contributed by atoms with Crippen molar-refractivity contribution in [3.8, 4) is 0 Å². The van der Waals surface area contributed by atoms with Gasteiger partial charge in [0.15, 0.2) is 0 Å². The number of rotatable bonds is 4. The van der Waals surface area contributed by atoms with Gasteiger partial charge in [-0.25, -0.2) is 8.42 Å². The van der Waals surface area contributed by atoms with E-state index >= 15 is 0 Å². The summed E-state index contributed by atoms with van der Waals surface area (Å²) in [7, 11) is -3.39. The molecular formula is C13H19N3O3S. The maximum atomic E-state index is 12.2. The van der Waals surface area contributed by atoms with Crippen molar-refractivity contribution >= 4 is 27.3 Å². The van der Waals surface area contributed by atoms with E-state index in [0.29, 0.717) is 11.4 Å². The monoisotopic (exact) mass is 297 g/mol. The quantitative estimate of drug-likeness (QED) is 0.775. The number of para-hydroxylation sites is 2. The molecule has 20 heavy (non-hydrogen) atoms. The van der Waals surface area contributed by atoms with Crippen LogP contribution in [0.4, 0.5) is 11.4 Å². The molecule has 1 saturated carbocycles. The van der Waals surface area contributed by atoms with E-state index < -0.39 is 10.0 Å². The van der Waals surface area contributed by atoms with E-state index in [1.165, 1.54) is 0 Å². The van der Waals surface area contributed by atoms with Crippen molar-refractivity contribution in [1.29, 1.82) is 0 Å². The fraction of sp³-hybridized carbons (Fsp3) is 0.462. The molecule has 2 atom stereocenters. The van der Waals surface area contributed by atoms with Gasteiger partial charge in [-0.3, -0.25) is 9.52 Å². The van der Waals surface area contributed by atoms with Crippen LogP contribution in [0.5, 0.6) is 0 Å². The maximum Gasteiger partial charge on any atom is 0.229 e. The van der Waals surface area contributed by atoms with Crippen LogP contribution in [0.2, 0.25) is 0 Å². The number of hydrogen-bond acceptors (Lipinski definition) is 4. The first-order valence-electron chi connectivity index (χ1n) is 6.50. The third-order valence-corrected chi connectivity index (χ3v) is 3.98. The number of nitrogens with two attached hydrogens (primary N) is 1. The Balaban J connectivity index is 2.15. The lowest BCUT2D eigenvalue weighted by Gasteiger charge is -2.17. The van der Waals surface area contributed by atoms with E-state index in [2.05, 4.69) is 10.0 Å². The molecule has 1 aromatic rings. The molecule has 7 heteroatoms. The number of nitrogens with one attached hydrogen (secondary N) is 2. The highest BCUT2D eigenvalue weighted by Gasteiger charge is 2.30. The van der Waals surface area contributed by atoms with Crippen LogP contribution >= 0.6 is 0 Å². The second kappa shape index (κ2) is 5.80. The van der Waals surface area contributed by atoms with Gasteiger partial charge in [0.1, 0.15) is 0 Å². The molecule has 2 rings (SSSR count). The summed E-state index contributed by atoms with van der Waals surface area (Å²) in [6, 6.07) is 6.57. The molecule has 0 radical (unpaired) electrons. The van der Waals surface area contributed by atoms with Crippen LogP contribution in [0.25, 0.3) is 0 Å². The Morgan fingerprint density at radius 1 is 1.25 bits per heavy atom. The number of carbonyl (C=O) groups is 1. The first kappa shape index (κ1) is 14.8. The smallest absolute Gasteiger partial charge is 0.229 e. The molecule has 1 aliphatic carbocycles. The van der Waals surface area contributed by atoms with Gasteiger partial charge in [-0.15, -0.1) is 0 Å². The van der Waals surface area contributed by atoms with E-state index in [1.807, 2.05) is 0 Å². The fourth-order valence-corrected chi connectivity index (χ4v) is 3.00. The van der Waals surface area contributed by atoms with E-state index in [0.717, 1.165) is 25.5 Å². The third-order valence-electron chi connectivity index (χ3n) is 3.39. The van der Waals surface area contributed by atoms with Crippen LogP contribution in [0.15, 0.2) is 24.3 Å². The van der Waals surface area contributed by atoms with Crippen molar-refractivity contribution in [3.05, 3.63) is 24.3 Å². The number of carbonyl (C=O) groups excluding carboxylic acids is 1. The van der Waals surface area contributed by atoms with Crippen molar-refractivity contribution in [2.45, 2.75) is 25.3 Å². The van der Waals surface area contributed by atoms with Gasteiger partial charge in [0.05, 0.1) is 23.5 Å². The zero-order valence-electron chi connectivity index (χ0n) is 11.3. The average molecular weight is 297 g/mol. The van der Waals surface area contributed by atoms with E-state index in [1.54, 1.807) is 24.3 Å². The predicted molar refractivity (Wildman–Crippen MR) is 78.9 cm³/mol. The number of sulfonamides is 1. The zero-order valence-corrected chi connectivity index (χ0v) is 12.1. The Kier molecular flexibility index (Phi) is 4.29. The van der Waals surface area contributed by atoms with Crippen LogP contribution in [-0.2, 0) is 14.8 Å². The minimum absolute atomic E-state index is 0.120. The van der Waals surface area contributed by atoms with Gasteiger partial charge in [0.2, 0.25) is 15.9 Å². The van der Waals surface area contributed by atoms with Gasteiger partial charge in [0, 0.05) is 6.04 Å². The van der Waals surface area contributed by atoms with E-state index in [4.69, 9.17) is 5.73 Å². The topological polar surface area (TPSA) is 101 Å². The highest BCUT2D eigenvalue weighted by molar-refractivity contribution is 7.92. The summed E-state index contributed by atoms with van der Waals surface area (Å²) in [5, 5.41) is 2.76. The molecule has 1 fully saturated rings. The molecule has 4 N–H and O–H groups in total. The minimum Gasteiger partial charge on any atom is -0.327 e. The first-order valence-corrected chi connectivity index (χ1v) is 8.39. The van der Waals surface area contributed by atoms with E-state index in [-0.39, 0.29) is 17.9 Å². The summed E-state index contributed by atoms with van der Waals surface area (Å²) < 4.78 is 25.0. The summed E-state index contributed by atoms with van der Waals surface area (Å²) in [5.41, 5.74) is 6.70. The summed E-state index contributed by atoms with van der Waals surface area (Å²) >= 11 is 0.